The Morgan fingerprint density at radius 2 is 1.61 bits per heavy atom. The fraction of sp³-hybridized carbons (Fsp3) is 0.222. The van der Waals surface area contributed by atoms with E-state index >= 15 is 0 Å². The van der Waals surface area contributed by atoms with Crippen LogP contribution in [-0.4, -0.2) is 30.3 Å². The van der Waals surface area contributed by atoms with Gasteiger partial charge in [-0.25, -0.2) is 13.6 Å². The van der Waals surface area contributed by atoms with Crippen LogP contribution in [0.1, 0.15) is 17.3 Å². The van der Waals surface area contributed by atoms with E-state index in [0.717, 1.165) is 36.4 Å². The Bertz CT molecular complexity index is 855. The van der Waals surface area contributed by atoms with Gasteiger partial charge in [-0.05, 0) is 43.3 Å². The molecule has 0 aromatic heterocycles. The Hall–Kier alpha value is -3.17. The van der Waals surface area contributed by atoms with Gasteiger partial charge in [0.05, 0.1) is 12.2 Å². The van der Waals surface area contributed by atoms with Gasteiger partial charge in [0.2, 0.25) is 0 Å². The fourth-order valence-corrected chi connectivity index (χ4v) is 2.26. The maximum absolute atomic E-state index is 13.9. The number of amides is 1. The van der Waals surface area contributed by atoms with Crippen LogP contribution in [0.15, 0.2) is 48.5 Å². The number of esters is 1. The first kappa shape index (κ1) is 21.1. The van der Waals surface area contributed by atoms with Crippen LogP contribution in [0.4, 0.5) is 27.6 Å². The van der Waals surface area contributed by atoms with Crippen molar-refractivity contribution in [2.45, 2.75) is 18.8 Å². The molecule has 2 aromatic carbocycles. The molecule has 28 heavy (non-hydrogen) atoms. The lowest BCUT2D eigenvalue weighted by Gasteiger charge is -2.35. The molecular weight excluding hydrogens is 387 g/mol. The number of ether oxygens (including phenoxy) is 1. The minimum atomic E-state index is -5.39. The highest BCUT2D eigenvalue weighted by Gasteiger charge is 2.63. The van der Waals surface area contributed by atoms with E-state index in [4.69, 9.17) is 0 Å². The Kier molecular flexibility index (Phi) is 6.22. The quantitative estimate of drug-likeness (QED) is 0.440. The summed E-state index contributed by atoms with van der Waals surface area (Å²) >= 11 is 0. The van der Waals surface area contributed by atoms with Crippen molar-refractivity contribution in [1.29, 1.82) is 0 Å². The summed E-state index contributed by atoms with van der Waals surface area (Å²) in [6.07, 6.45) is -5.39. The molecule has 0 fully saturated rings. The van der Waals surface area contributed by atoms with E-state index in [9.17, 15) is 31.5 Å². The lowest BCUT2D eigenvalue weighted by Crippen LogP contribution is -2.69. The summed E-state index contributed by atoms with van der Waals surface area (Å²) in [4.78, 5) is 24.6. The third-order valence-corrected chi connectivity index (χ3v) is 3.60. The van der Waals surface area contributed by atoms with Crippen molar-refractivity contribution in [1.82, 2.24) is 5.32 Å². The Morgan fingerprint density at radius 1 is 1.00 bits per heavy atom. The molecule has 0 spiro atoms. The van der Waals surface area contributed by atoms with Crippen molar-refractivity contribution in [2.24, 2.45) is 0 Å². The SMILES string of the molecule is CCOC(=O)[C@](NC(=O)c1ccccc1F)(Nc1ccc(F)cc1)C(F)(F)F. The average Bonchev–Trinajstić information content (AvgIpc) is 2.62. The van der Waals surface area contributed by atoms with E-state index in [1.807, 2.05) is 5.32 Å². The second-order valence-corrected chi connectivity index (χ2v) is 5.53. The van der Waals surface area contributed by atoms with Crippen molar-refractivity contribution in [3.63, 3.8) is 0 Å². The van der Waals surface area contributed by atoms with Gasteiger partial charge in [0.15, 0.2) is 0 Å². The van der Waals surface area contributed by atoms with Gasteiger partial charge in [-0.2, -0.15) is 13.2 Å². The monoisotopic (exact) mass is 402 g/mol. The molecule has 150 valence electrons. The molecule has 2 rings (SSSR count). The van der Waals surface area contributed by atoms with Crippen molar-refractivity contribution in [2.75, 3.05) is 11.9 Å². The third-order valence-electron chi connectivity index (χ3n) is 3.60. The molecule has 2 N–H and O–H groups in total. The molecule has 0 saturated carbocycles. The Balaban J connectivity index is 2.52. The van der Waals surface area contributed by atoms with Crippen molar-refractivity contribution in [3.05, 3.63) is 65.7 Å². The number of hydrogen-bond donors (Lipinski definition) is 2. The lowest BCUT2D eigenvalue weighted by atomic mass is 10.1. The highest BCUT2D eigenvalue weighted by molar-refractivity contribution is 5.99. The Labute approximate surface area is 156 Å². The molecule has 1 amide bonds. The highest BCUT2D eigenvalue weighted by atomic mass is 19.4. The van der Waals surface area contributed by atoms with Gasteiger partial charge >= 0.3 is 17.8 Å². The van der Waals surface area contributed by atoms with Crippen molar-refractivity contribution >= 4 is 17.6 Å². The van der Waals surface area contributed by atoms with Crippen LogP contribution in [0.3, 0.4) is 0 Å². The minimum Gasteiger partial charge on any atom is -0.463 e. The normalized spacial score (nSPS) is 13.4. The van der Waals surface area contributed by atoms with E-state index in [-0.39, 0.29) is 5.69 Å². The molecule has 2 aromatic rings. The van der Waals surface area contributed by atoms with Crippen molar-refractivity contribution in [3.8, 4) is 0 Å². The number of carbonyl (C=O) groups excluding carboxylic acids is 2. The van der Waals surface area contributed by atoms with Crippen LogP contribution in [0.5, 0.6) is 0 Å². The number of anilines is 1. The average molecular weight is 402 g/mol. The molecule has 0 unspecified atom stereocenters. The number of halogens is 5. The molecule has 0 saturated heterocycles. The summed E-state index contributed by atoms with van der Waals surface area (Å²) in [5.41, 5.74) is -4.78. The van der Waals surface area contributed by atoms with Crippen LogP contribution >= 0.6 is 0 Å². The van der Waals surface area contributed by atoms with Gasteiger partial charge in [-0.3, -0.25) is 4.79 Å². The van der Waals surface area contributed by atoms with Gasteiger partial charge in [0.1, 0.15) is 11.6 Å². The zero-order chi connectivity index (χ0) is 20.9. The standard InChI is InChI=1S/C18H15F5N2O3/c1-2-28-16(27)17(18(21,22)23,24-12-9-7-11(19)8-10-12)25-15(26)13-5-3-4-6-14(13)20/h3-10,24H,2H2,1H3,(H,25,26)/t17-/m1/s1. The molecular formula is C18H15F5N2O3. The number of hydrogen-bond acceptors (Lipinski definition) is 4. The minimum absolute atomic E-state index is 0.333. The summed E-state index contributed by atoms with van der Waals surface area (Å²) in [6, 6.07) is 7.89. The summed E-state index contributed by atoms with van der Waals surface area (Å²) < 4.78 is 73.2. The summed E-state index contributed by atoms with van der Waals surface area (Å²) in [6.45, 7) is 0.854. The molecule has 0 heterocycles. The molecule has 0 aliphatic rings. The largest absolute Gasteiger partial charge is 0.463 e. The highest BCUT2D eigenvalue weighted by Crippen LogP contribution is 2.33. The van der Waals surface area contributed by atoms with Crippen LogP contribution in [0, 0.1) is 11.6 Å². The van der Waals surface area contributed by atoms with E-state index < -0.39 is 47.5 Å². The zero-order valence-electron chi connectivity index (χ0n) is 14.4. The van der Waals surface area contributed by atoms with Gasteiger partial charge in [-0.15, -0.1) is 0 Å². The van der Waals surface area contributed by atoms with Gasteiger partial charge in [0.25, 0.3) is 5.91 Å². The number of rotatable bonds is 6. The maximum Gasteiger partial charge on any atom is 0.441 e. The zero-order valence-corrected chi connectivity index (χ0v) is 14.4. The van der Waals surface area contributed by atoms with Gasteiger partial charge < -0.3 is 15.4 Å². The van der Waals surface area contributed by atoms with E-state index in [1.54, 1.807) is 0 Å². The molecule has 0 aliphatic heterocycles. The molecule has 10 heteroatoms. The predicted octanol–water partition coefficient (Wildman–Crippen LogP) is 3.63. The third kappa shape index (κ3) is 4.38. The van der Waals surface area contributed by atoms with Gasteiger partial charge in [0, 0.05) is 5.69 Å². The second-order valence-electron chi connectivity index (χ2n) is 5.53. The van der Waals surface area contributed by atoms with E-state index in [0.29, 0.717) is 0 Å². The van der Waals surface area contributed by atoms with E-state index in [1.165, 1.54) is 24.4 Å². The maximum atomic E-state index is 13.9. The number of benzene rings is 2. The molecule has 5 nitrogen and oxygen atoms in total. The number of carbonyl (C=O) groups is 2. The van der Waals surface area contributed by atoms with Crippen LogP contribution < -0.4 is 10.6 Å². The number of alkyl halides is 3. The lowest BCUT2D eigenvalue weighted by molar-refractivity contribution is -0.204. The van der Waals surface area contributed by atoms with Crippen molar-refractivity contribution < 1.29 is 36.3 Å². The molecule has 0 aliphatic carbocycles. The fourth-order valence-electron chi connectivity index (χ4n) is 2.26. The molecule has 1 atom stereocenters. The van der Waals surface area contributed by atoms with Gasteiger partial charge in [-0.1, -0.05) is 12.1 Å². The first-order valence-corrected chi connectivity index (χ1v) is 7.95. The van der Waals surface area contributed by atoms with Crippen LogP contribution in [0.2, 0.25) is 0 Å². The predicted molar refractivity (Wildman–Crippen MR) is 89.3 cm³/mol. The summed E-state index contributed by atoms with van der Waals surface area (Å²) in [7, 11) is 0. The van der Waals surface area contributed by atoms with E-state index in [2.05, 4.69) is 4.74 Å². The first-order chi connectivity index (χ1) is 13.1. The number of nitrogens with one attached hydrogen (secondary N) is 2. The summed E-state index contributed by atoms with van der Waals surface area (Å²) in [5, 5.41) is 3.34. The van der Waals surface area contributed by atoms with Crippen LogP contribution in [0.25, 0.3) is 0 Å². The topological polar surface area (TPSA) is 67.4 Å². The molecule has 0 radical (unpaired) electrons. The second kappa shape index (κ2) is 8.24. The smallest absolute Gasteiger partial charge is 0.441 e. The molecule has 0 bridgehead atoms. The first-order valence-electron chi connectivity index (χ1n) is 7.95. The van der Waals surface area contributed by atoms with Crippen LogP contribution in [-0.2, 0) is 9.53 Å². The Morgan fingerprint density at radius 3 is 2.14 bits per heavy atom. The summed E-state index contributed by atoms with van der Waals surface area (Å²) in [5.74, 6) is -5.17.